The molecule has 3 aromatic rings. The van der Waals surface area contributed by atoms with Gasteiger partial charge in [-0.3, -0.25) is 5.32 Å². The van der Waals surface area contributed by atoms with Crippen LogP contribution in [0.25, 0.3) is 10.2 Å². The van der Waals surface area contributed by atoms with Gasteiger partial charge in [-0.2, -0.15) is 0 Å². The monoisotopic (exact) mass is 341 g/mol. The quantitative estimate of drug-likeness (QED) is 0.696. The molecule has 2 N–H and O–H groups in total. The smallest absolute Gasteiger partial charge is 0.325 e. The molecule has 6 heteroatoms. The largest absolute Gasteiger partial charge is 0.497 e. The predicted molar refractivity (Wildman–Crippen MR) is 99.3 cm³/mol. The van der Waals surface area contributed by atoms with Gasteiger partial charge < -0.3 is 10.1 Å². The summed E-state index contributed by atoms with van der Waals surface area (Å²) >= 11 is 1.47. The van der Waals surface area contributed by atoms with Gasteiger partial charge in [-0.15, -0.1) is 0 Å². The summed E-state index contributed by atoms with van der Waals surface area (Å²) in [7, 11) is 1.59. The minimum atomic E-state index is -0.326. The van der Waals surface area contributed by atoms with Crippen molar-refractivity contribution in [2.24, 2.45) is 0 Å². The van der Waals surface area contributed by atoms with Crippen molar-refractivity contribution in [2.45, 2.75) is 19.8 Å². The maximum atomic E-state index is 12.2. The fraction of sp³-hybridized carbons (Fsp3) is 0.222. The minimum Gasteiger partial charge on any atom is -0.497 e. The summed E-state index contributed by atoms with van der Waals surface area (Å²) in [4.78, 5) is 16.8. The summed E-state index contributed by atoms with van der Waals surface area (Å²) in [5.41, 5.74) is 2.80. The Morgan fingerprint density at radius 1 is 1.17 bits per heavy atom. The fourth-order valence-corrected chi connectivity index (χ4v) is 3.35. The number of aromatic nitrogens is 1. The van der Waals surface area contributed by atoms with Crippen LogP contribution in [0.5, 0.6) is 5.75 Å². The Kier molecular flexibility index (Phi) is 4.66. The van der Waals surface area contributed by atoms with Crippen LogP contribution in [0.3, 0.4) is 0 Å². The van der Waals surface area contributed by atoms with Crippen LogP contribution in [0.2, 0.25) is 0 Å². The molecule has 1 aromatic heterocycles. The number of fused-ring (bicyclic) bond motifs is 1. The third-order valence-electron chi connectivity index (χ3n) is 3.62. The second-order valence-corrected chi connectivity index (χ2v) is 6.71. The second kappa shape index (κ2) is 6.88. The van der Waals surface area contributed by atoms with Gasteiger partial charge in [0, 0.05) is 11.8 Å². The van der Waals surface area contributed by atoms with Crippen LogP contribution in [-0.4, -0.2) is 18.1 Å². The van der Waals surface area contributed by atoms with E-state index in [1.54, 1.807) is 19.2 Å². The normalized spacial score (nSPS) is 10.8. The molecule has 0 fully saturated rings. The number of amides is 2. The van der Waals surface area contributed by atoms with Gasteiger partial charge in [0.15, 0.2) is 5.13 Å². The summed E-state index contributed by atoms with van der Waals surface area (Å²) in [6.45, 7) is 4.27. The van der Waals surface area contributed by atoms with E-state index >= 15 is 0 Å². The van der Waals surface area contributed by atoms with E-state index in [-0.39, 0.29) is 6.03 Å². The van der Waals surface area contributed by atoms with Crippen LogP contribution in [0.1, 0.15) is 25.3 Å². The van der Waals surface area contributed by atoms with Crippen molar-refractivity contribution in [1.29, 1.82) is 0 Å². The summed E-state index contributed by atoms with van der Waals surface area (Å²) in [5, 5.41) is 6.17. The lowest BCUT2D eigenvalue weighted by Crippen LogP contribution is -2.19. The molecule has 0 bridgehead atoms. The lowest BCUT2D eigenvalue weighted by molar-refractivity contribution is 0.262. The van der Waals surface area contributed by atoms with Crippen LogP contribution >= 0.6 is 11.3 Å². The molecule has 3 rings (SSSR count). The van der Waals surface area contributed by atoms with Crippen molar-refractivity contribution in [3.8, 4) is 5.75 Å². The molecule has 124 valence electrons. The van der Waals surface area contributed by atoms with Crippen LogP contribution in [0.4, 0.5) is 15.6 Å². The molecule has 2 amide bonds. The number of ether oxygens (including phenoxy) is 1. The van der Waals surface area contributed by atoms with Gasteiger partial charge in [-0.25, -0.2) is 9.78 Å². The number of hydrogen-bond donors (Lipinski definition) is 2. The van der Waals surface area contributed by atoms with E-state index in [4.69, 9.17) is 4.74 Å². The van der Waals surface area contributed by atoms with Crippen molar-refractivity contribution >= 4 is 38.4 Å². The van der Waals surface area contributed by atoms with Gasteiger partial charge in [0.1, 0.15) is 5.75 Å². The average Bonchev–Trinajstić information content (AvgIpc) is 2.96. The summed E-state index contributed by atoms with van der Waals surface area (Å²) in [5.74, 6) is 1.07. The van der Waals surface area contributed by atoms with E-state index in [0.29, 0.717) is 22.5 Å². The van der Waals surface area contributed by atoms with Crippen molar-refractivity contribution < 1.29 is 9.53 Å². The third-order valence-corrected chi connectivity index (χ3v) is 4.56. The van der Waals surface area contributed by atoms with Crippen molar-refractivity contribution in [3.05, 3.63) is 48.0 Å². The Labute approximate surface area is 144 Å². The first kappa shape index (κ1) is 16.3. The number of para-hydroxylation sites is 1. The summed E-state index contributed by atoms with van der Waals surface area (Å²) < 4.78 is 6.22. The van der Waals surface area contributed by atoms with Crippen LogP contribution < -0.4 is 15.4 Å². The third kappa shape index (κ3) is 3.49. The molecular formula is C18H19N3O2S. The maximum absolute atomic E-state index is 12.2. The molecular weight excluding hydrogens is 322 g/mol. The van der Waals surface area contributed by atoms with E-state index in [0.717, 1.165) is 10.2 Å². The summed E-state index contributed by atoms with van der Waals surface area (Å²) in [6.07, 6.45) is 0. The topological polar surface area (TPSA) is 63.2 Å². The first-order valence-corrected chi connectivity index (χ1v) is 8.50. The van der Waals surface area contributed by atoms with Crippen molar-refractivity contribution in [2.75, 3.05) is 17.7 Å². The molecule has 0 saturated carbocycles. The zero-order valence-corrected chi connectivity index (χ0v) is 14.6. The zero-order chi connectivity index (χ0) is 17.1. The van der Waals surface area contributed by atoms with Gasteiger partial charge in [-0.05, 0) is 29.7 Å². The number of methoxy groups -OCH3 is 1. The predicted octanol–water partition coefficient (Wildman–Crippen LogP) is 5.07. The number of anilines is 2. The number of carbonyl (C=O) groups excluding carboxylic acids is 1. The second-order valence-electron chi connectivity index (χ2n) is 5.68. The first-order valence-electron chi connectivity index (χ1n) is 7.68. The number of nitrogens with zero attached hydrogens (tertiary/aromatic N) is 1. The van der Waals surface area contributed by atoms with E-state index < -0.39 is 0 Å². The molecule has 0 aliphatic carbocycles. The van der Waals surface area contributed by atoms with E-state index in [1.165, 1.54) is 16.9 Å². The number of hydrogen-bond acceptors (Lipinski definition) is 4. The number of thiazole rings is 1. The lowest BCUT2D eigenvalue weighted by atomic mass is 10.0. The molecule has 1 heterocycles. The van der Waals surface area contributed by atoms with Crippen molar-refractivity contribution in [1.82, 2.24) is 4.98 Å². The highest BCUT2D eigenvalue weighted by Crippen LogP contribution is 2.31. The SMILES string of the molecule is COc1cccc(NC(=O)Nc2nc3c(C(C)C)cccc3s2)c1. The summed E-state index contributed by atoms with van der Waals surface area (Å²) in [6, 6.07) is 13.0. The number of rotatable bonds is 4. The standard InChI is InChI=1S/C18H19N3O2S/c1-11(2)14-8-5-9-15-16(14)20-18(24-15)21-17(22)19-12-6-4-7-13(10-12)23-3/h4-11H,1-3H3,(H2,19,20,21,22). The van der Waals surface area contributed by atoms with Gasteiger partial charge in [-0.1, -0.05) is 43.4 Å². The van der Waals surface area contributed by atoms with Gasteiger partial charge in [0.25, 0.3) is 0 Å². The van der Waals surface area contributed by atoms with E-state index in [9.17, 15) is 4.79 Å². The molecule has 0 radical (unpaired) electrons. The number of carbonyl (C=O) groups is 1. The van der Waals surface area contributed by atoms with Gasteiger partial charge in [0.2, 0.25) is 0 Å². The molecule has 0 saturated heterocycles. The zero-order valence-electron chi connectivity index (χ0n) is 13.8. The average molecular weight is 341 g/mol. The molecule has 0 atom stereocenters. The van der Waals surface area contributed by atoms with E-state index in [1.807, 2.05) is 24.3 Å². The molecule has 0 spiro atoms. The van der Waals surface area contributed by atoms with Crippen LogP contribution in [-0.2, 0) is 0 Å². The highest BCUT2D eigenvalue weighted by atomic mass is 32.1. The molecule has 0 aliphatic heterocycles. The Balaban J connectivity index is 1.77. The Morgan fingerprint density at radius 3 is 2.71 bits per heavy atom. The van der Waals surface area contributed by atoms with Crippen molar-refractivity contribution in [3.63, 3.8) is 0 Å². The Morgan fingerprint density at radius 2 is 1.96 bits per heavy atom. The molecule has 5 nitrogen and oxygen atoms in total. The number of benzene rings is 2. The Hall–Kier alpha value is -2.60. The maximum Gasteiger partial charge on any atom is 0.325 e. The number of urea groups is 1. The highest BCUT2D eigenvalue weighted by molar-refractivity contribution is 7.22. The fourth-order valence-electron chi connectivity index (χ4n) is 2.45. The molecule has 0 unspecified atom stereocenters. The van der Waals surface area contributed by atoms with Crippen LogP contribution in [0, 0.1) is 0 Å². The lowest BCUT2D eigenvalue weighted by Gasteiger charge is -2.07. The first-order chi connectivity index (χ1) is 11.6. The molecule has 0 aliphatic rings. The molecule has 24 heavy (non-hydrogen) atoms. The highest BCUT2D eigenvalue weighted by Gasteiger charge is 2.12. The molecule has 2 aromatic carbocycles. The van der Waals surface area contributed by atoms with Crippen LogP contribution in [0.15, 0.2) is 42.5 Å². The van der Waals surface area contributed by atoms with Gasteiger partial charge >= 0.3 is 6.03 Å². The number of nitrogens with one attached hydrogen (secondary N) is 2. The Bertz CT molecular complexity index is 874. The van der Waals surface area contributed by atoms with E-state index in [2.05, 4.69) is 35.5 Å². The van der Waals surface area contributed by atoms with Gasteiger partial charge in [0.05, 0.1) is 17.3 Å². The minimum absolute atomic E-state index is 0.326.